The molecule has 0 spiro atoms. The molecule has 0 saturated carbocycles. The third-order valence-electron chi connectivity index (χ3n) is 3.43. The number of hydrogen-bond donors (Lipinski definition) is 1. The lowest BCUT2D eigenvalue weighted by molar-refractivity contribution is -0.690. The Morgan fingerprint density at radius 1 is 1.24 bits per heavy atom. The van der Waals surface area contributed by atoms with E-state index < -0.39 is 0 Å². The zero-order valence-corrected chi connectivity index (χ0v) is 14.2. The van der Waals surface area contributed by atoms with E-state index in [0.717, 1.165) is 27.8 Å². The molecule has 3 nitrogen and oxygen atoms in total. The number of aryl methyl sites for hydroxylation is 3. The summed E-state index contributed by atoms with van der Waals surface area (Å²) in [5.74, 6) is -0.0269. The molecular weight excluding hydrogens is 328 g/mol. The van der Waals surface area contributed by atoms with Crippen molar-refractivity contribution in [2.75, 3.05) is 5.32 Å². The maximum atomic E-state index is 12.2. The lowest BCUT2D eigenvalue weighted by Crippen LogP contribution is -2.43. The largest absolute Gasteiger partial charge is 0.320 e. The van der Waals surface area contributed by atoms with Gasteiger partial charge < -0.3 is 5.32 Å². The van der Waals surface area contributed by atoms with Gasteiger partial charge in [0.25, 0.3) is 5.91 Å². The summed E-state index contributed by atoms with van der Waals surface area (Å²) in [5, 5.41) is 2.94. The molecule has 1 amide bonds. The van der Waals surface area contributed by atoms with Crippen LogP contribution in [0.5, 0.6) is 0 Å². The third-order valence-corrected chi connectivity index (χ3v) is 4.09. The van der Waals surface area contributed by atoms with Crippen LogP contribution in [0.15, 0.2) is 41.0 Å². The number of nitrogens with one attached hydrogen (secondary N) is 1. The molecule has 2 aromatic rings. The van der Waals surface area contributed by atoms with Gasteiger partial charge in [0.15, 0.2) is 11.9 Å². The predicted molar refractivity (Wildman–Crippen MR) is 88.3 cm³/mol. The van der Waals surface area contributed by atoms with Crippen LogP contribution in [-0.2, 0) is 17.8 Å². The summed E-state index contributed by atoms with van der Waals surface area (Å²) in [4.78, 5) is 12.2. The fraction of sp³-hybridized carbons (Fsp3) is 0.294. The Labute approximate surface area is 134 Å². The van der Waals surface area contributed by atoms with Gasteiger partial charge in [-0.2, -0.15) is 4.57 Å². The van der Waals surface area contributed by atoms with E-state index in [0.29, 0.717) is 6.54 Å². The summed E-state index contributed by atoms with van der Waals surface area (Å²) >= 11 is 3.48. The summed E-state index contributed by atoms with van der Waals surface area (Å²) < 4.78 is 2.89. The van der Waals surface area contributed by atoms with Gasteiger partial charge in [0.2, 0.25) is 6.54 Å². The highest BCUT2D eigenvalue weighted by Crippen LogP contribution is 2.23. The van der Waals surface area contributed by atoms with Gasteiger partial charge >= 0.3 is 0 Å². The Bertz CT molecular complexity index is 668. The molecule has 0 fully saturated rings. The first-order chi connectivity index (χ1) is 9.99. The van der Waals surface area contributed by atoms with Gasteiger partial charge in [-0.05, 0) is 53.0 Å². The topological polar surface area (TPSA) is 33.0 Å². The smallest absolute Gasteiger partial charge is 0.290 e. The molecule has 4 heteroatoms. The van der Waals surface area contributed by atoms with Crippen LogP contribution in [0.25, 0.3) is 0 Å². The number of anilines is 1. The maximum absolute atomic E-state index is 12.2. The molecule has 0 aliphatic heterocycles. The van der Waals surface area contributed by atoms with Crippen molar-refractivity contribution in [2.24, 2.45) is 0 Å². The van der Waals surface area contributed by atoms with Gasteiger partial charge in [-0.1, -0.05) is 13.0 Å². The minimum absolute atomic E-state index is 0.0269. The lowest BCUT2D eigenvalue weighted by Gasteiger charge is -2.07. The minimum atomic E-state index is -0.0269. The van der Waals surface area contributed by atoms with Crippen molar-refractivity contribution in [1.29, 1.82) is 0 Å². The second kappa shape index (κ2) is 6.85. The maximum Gasteiger partial charge on any atom is 0.290 e. The normalized spacial score (nSPS) is 10.5. The molecule has 0 saturated heterocycles. The van der Waals surface area contributed by atoms with Crippen LogP contribution < -0.4 is 9.88 Å². The van der Waals surface area contributed by atoms with Crippen LogP contribution in [0.2, 0.25) is 0 Å². The highest BCUT2D eigenvalue weighted by Gasteiger charge is 2.14. The molecule has 0 unspecified atom stereocenters. The molecule has 0 aliphatic rings. The van der Waals surface area contributed by atoms with Crippen LogP contribution in [0.3, 0.4) is 0 Å². The second-order valence-electron chi connectivity index (χ2n) is 5.19. The minimum Gasteiger partial charge on any atom is -0.320 e. The molecule has 0 radical (unpaired) electrons. The Balaban J connectivity index is 2.11. The first kappa shape index (κ1) is 15.7. The average molecular weight is 348 g/mol. The Hall–Kier alpha value is -1.68. The van der Waals surface area contributed by atoms with Gasteiger partial charge in [0, 0.05) is 23.0 Å². The number of amides is 1. The summed E-state index contributed by atoms with van der Waals surface area (Å²) in [7, 11) is 0. The summed E-state index contributed by atoms with van der Waals surface area (Å²) in [6, 6.07) is 10.0. The Morgan fingerprint density at radius 2 is 2.00 bits per heavy atom. The van der Waals surface area contributed by atoms with E-state index >= 15 is 0 Å². The van der Waals surface area contributed by atoms with Crippen molar-refractivity contribution in [3.05, 3.63) is 57.8 Å². The number of carbonyl (C=O) groups is 1. The molecule has 1 aromatic carbocycles. The lowest BCUT2D eigenvalue weighted by atomic mass is 10.2. The van der Waals surface area contributed by atoms with E-state index in [4.69, 9.17) is 0 Å². The van der Waals surface area contributed by atoms with Crippen molar-refractivity contribution < 1.29 is 9.36 Å². The highest BCUT2D eigenvalue weighted by atomic mass is 79.9. The van der Waals surface area contributed by atoms with Crippen molar-refractivity contribution in [2.45, 2.75) is 33.7 Å². The quantitative estimate of drug-likeness (QED) is 0.842. The van der Waals surface area contributed by atoms with E-state index in [1.165, 1.54) is 5.56 Å². The molecule has 0 bridgehead atoms. The first-order valence-corrected chi connectivity index (χ1v) is 7.84. The number of pyridine rings is 1. The number of carbonyl (C=O) groups excluding carboxylic acids is 1. The van der Waals surface area contributed by atoms with E-state index in [1.54, 1.807) is 0 Å². The number of hydrogen-bond acceptors (Lipinski definition) is 1. The second-order valence-corrected chi connectivity index (χ2v) is 6.05. The van der Waals surface area contributed by atoms with Crippen molar-refractivity contribution in [3.63, 3.8) is 0 Å². The predicted octanol–water partition coefficient (Wildman–Crippen LogP) is 3.55. The van der Waals surface area contributed by atoms with E-state index in [2.05, 4.69) is 34.2 Å². The SMILES string of the molecule is CCc1ccc(C)[n+](CC(=O)Nc2ccc(C)cc2Br)c1. The number of halogens is 1. The van der Waals surface area contributed by atoms with Gasteiger partial charge in [0.1, 0.15) is 0 Å². The van der Waals surface area contributed by atoms with Crippen molar-refractivity contribution >= 4 is 27.5 Å². The zero-order valence-electron chi connectivity index (χ0n) is 12.6. The molecule has 0 atom stereocenters. The molecule has 1 N–H and O–H groups in total. The number of benzene rings is 1. The molecule has 2 rings (SSSR count). The first-order valence-electron chi connectivity index (χ1n) is 7.04. The van der Waals surface area contributed by atoms with Crippen LogP contribution in [0, 0.1) is 13.8 Å². The third kappa shape index (κ3) is 4.14. The van der Waals surface area contributed by atoms with Crippen molar-refractivity contribution in [3.8, 4) is 0 Å². The number of nitrogens with zero attached hydrogens (tertiary/aromatic N) is 1. The standard InChI is InChI=1S/C17H19BrN2O/c1-4-14-7-6-13(3)20(10-14)11-17(21)19-16-8-5-12(2)9-15(16)18/h5-10H,4,11H2,1-3H3/p+1. The molecule has 1 heterocycles. The van der Waals surface area contributed by atoms with E-state index in [1.807, 2.05) is 48.9 Å². The van der Waals surface area contributed by atoms with Crippen LogP contribution in [0.1, 0.15) is 23.7 Å². The fourth-order valence-electron chi connectivity index (χ4n) is 2.11. The van der Waals surface area contributed by atoms with E-state index in [-0.39, 0.29) is 5.91 Å². The van der Waals surface area contributed by atoms with Gasteiger partial charge in [0.05, 0.1) is 5.69 Å². The summed E-state index contributed by atoms with van der Waals surface area (Å²) in [6.07, 6.45) is 3.00. The van der Waals surface area contributed by atoms with Gasteiger partial charge in [-0.15, -0.1) is 0 Å². The molecule has 0 aliphatic carbocycles. The molecule has 1 aromatic heterocycles. The summed E-state index contributed by atoms with van der Waals surface area (Å²) in [5.41, 5.74) is 4.26. The van der Waals surface area contributed by atoms with Crippen LogP contribution in [0.4, 0.5) is 5.69 Å². The van der Waals surface area contributed by atoms with Crippen LogP contribution in [-0.4, -0.2) is 5.91 Å². The zero-order chi connectivity index (χ0) is 15.4. The Morgan fingerprint density at radius 3 is 2.67 bits per heavy atom. The molecule has 110 valence electrons. The van der Waals surface area contributed by atoms with Crippen LogP contribution >= 0.6 is 15.9 Å². The average Bonchev–Trinajstić information content (AvgIpc) is 2.44. The van der Waals surface area contributed by atoms with Gasteiger partial charge in [-0.25, -0.2) is 0 Å². The fourth-order valence-corrected chi connectivity index (χ4v) is 2.71. The van der Waals surface area contributed by atoms with Crippen molar-refractivity contribution in [1.82, 2.24) is 0 Å². The monoisotopic (exact) mass is 347 g/mol. The van der Waals surface area contributed by atoms with Gasteiger partial charge in [-0.3, -0.25) is 4.79 Å². The highest BCUT2D eigenvalue weighted by molar-refractivity contribution is 9.10. The number of aromatic nitrogens is 1. The summed E-state index contributed by atoms with van der Waals surface area (Å²) in [6.45, 7) is 6.46. The molecule has 21 heavy (non-hydrogen) atoms. The Kier molecular flexibility index (Phi) is 5.12. The number of rotatable bonds is 4. The molecular formula is C17H20BrN2O+. The van der Waals surface area contributed by atoms with E-state index in [9.17, 15) is 4.79 Å².